The maximum Gasteiger partial charge on any atom is 0.418 e. The highest BCUT2D eigenvalue weighted by Crippen LogP contribution is 2.35. The number of rotatable bonds is 4. The van der Waals surface area contributed by atoms with Gasteiger partial charge in [-0.25, -0.2) is 9.07 Å². The topological polar surface area (TPSA) is 54.3 Å². The van der Waals surface area contributed by atoms with Crippen molar-refractivity contribution in [3.63, 3.8) is 0 Å². The molecule has 2 fully saturated rings. The molecule has 2 aromatic heterocycles. The predicted octanol–water partition coefficient (Wildman–Crippen LogP) is 5.64. The van der Waals surface area contributed by atoms with Gasteiger partial charge >= 0.3 is 6.18 Å². The summed E-state index contributed by atoms with van der Waals surface area (Å²) in [5, 5.41) is 4.24. The Kier molecular flexibility index (Phi) is 9.37. The molecule has 1 saturated heterocycles. The van der Waals surface area contributed by atoms with Gasteiger partial charge < -0.3 is 9.80 Å². The molecule has 1 aliphatic carbocycles. The van der Waals surface area contributed by atoms with Crippen molar-refractivity contribution in [3.8, 4) is 0 Å². The van der Waals surface area contributed by atoms with Crippen LogP contribution >= 0.6 is 0 Å². The monoisotopic (exact) mass is 545 g/mol. The maximum absolute atomic E-state index is 13.6. The van der Waals surface area contributed by atoms with Gasteiger partial charge in [-0.1, -0.05) is 31.4 Å². The van der Waals surface area contributed by atoms with Crippen molar-refractivity contribution in [1.29, 1.82) is 0 Å². The van der Waals surface area contributed by atoms with Gasteiger partial charge in [-0.05, 0) is 68.1 Å². The highest BCUT2D eigenvalue weighted by molar-refractivity contribution is 5.37. The number of hydrogen-bond acceptors (Lipinski definition) is 5. The smallest absolute Gasteiger partial charge is 0.353 e. The first-order chi connectivity index (χ1) is 18.6. The highest BCUT2D eigenvalue weighted by atomic mass is 19.4. The van der Waals surface area contributed by atoms with Crippen molar-refractivity contribution in [2.75, 3.05) is 38.1 Å². The van der Waals surface area contributed by atoms with E-state index in [1.165, 1.54) is 50.4 Å². The number of anilines is 1. The zero-order valence-electron chi connectivity index (χ0n) is 22.4. The second-order valence-corrected chi connectivity index (χ2v) is 10.3. The molecular weight excluding hydrogens is 510 g/mol. The van der Waals surface area contributed by atoms with E-state index in [4.69, 9.17) is 0 Å². The molecule has 6 nitrogen and oxygen atoms in total. The molecule has 0 atom stereocenters. The van der Waals surface area contributed by atoms with Crippen LogP contribution in [0.5, 0.6) is 0 Å². The van der Waals surface area contributed by atoms with Gasteiger partial charge in [0.15, 0.2) is 0 Å². The summed E-state index contributed by atoms with van der Waals surface area (Å²) >= 11 is 0. The van der Waals surface area contributed by atoms with Gasteiger partial charge in [0.2, 0.25) is 0 Å². The molecule has 0 spiro atoms. The first-order valence-corrected chi connectivity index (χ1v) is 13.4. The summed E-state index contributed by atoms with van der Waals surface area (Å²) < 4.78 is 54.0. The lowest BCUT2D eigenvalue weighted by atomic mass is 9.82. The summed E-state index contributed by atoms with van der Waals surface area (Å²) in [6.07, 6.45) is 2.94. The third-order valence-electron chi connectivity index (χ3n) is 7.46. The number of aryl methyl sites for hydroxylation is 1. The maximum atomic E-state index is 13.6. The average molecular weight is 546 g/mol. The minimum atomic E-state index is -4.53. The minimum Gasteiger partial charge on any atom is -0.353 e. The fourth-order valence-corrected chi connectivity index (χ4v) is 5.27. The molecule has 3 aromatic rings. The summed E-state index contributed by atoms with van der Waals surface area (Å²) in [7, 11) is 2.02. The summed E-state index contributed by atoms with van der Waals surface area (Å²) in [4.78, 5) is 20.0. The van der Waals surface area contributed by atoms with Gasteiger partial charge in [0.05, 0.1) is 17.8 Å². The van der Waals surface area contributed by atoms with Gasteiger partial charge in [0, 0.05) is 38.4 Å². The molecule has 1 saturated carbocycles. The Morgan fingerprint density at radius 2 is 1.67 bits per heavy atom. The Bertz CT molecular complexity index is 1280. The predicted molar refractivity (Wildman–Crippen MR) is 144 cm³/mol. The molecular formula is C29H35F4N5O. The molecule has 0 N–H and O–H groups in total. The summed E-state index contributed by atoms with van der Waals surface area (Å²) in [5.74, 6) is 1.05. The Morgan fingerprint density at radius 3 is 2.33 bits per heavy atom. The van der Waals surface area contributed by atoms with Crippen LogP contribution in [0.25, 0.3) is 0 Å². The molecule has 0 amide bonds. The number of pyridine rings is 1. The fraction of sp³-hybridized carbons (Fsp3) is 0.483. The van der Waals surface area contributed by atoms with E-state index in [0.29, 0.717) is 11.7 Å². The van der Waals surface area contributed by atoms with Crippen molar-refractivity contribution in [2.45, 2.75) is 57.7 Å². The van der Waals surface area contributed by atoms with E-state index >= 15 is 0 Å². The largest absolute Gasteiger partial charge is 0.418 e. The zero-order chi connectivity index (χ0) is 28.0. The Morgan fingerprint density at radius 1 is 0.949 bits per heavy atom. The van der Waals surface area contributed by atoms with Gasteiger partial charge in [0.1, 0.15) is 11.6 Å². The average Bonchev–Trinajstić information content (AvgIpc) is 2.91. The molecule has 5 rings (SSSR count). The number of piperazine rings is 1. The molecule has 2 aliphatic rings. The lowest BCUT2D eigenvalue weighted by Crippen LogP contribution is -2.45. The van der Waals surface area contributed by atoms with Crippen molar-refractivity contribution in [2.24, 2.45) is 0 Å². The molecule has 10 heteroatoms. The van der Waals surface area contributed by atoms with Crippen molar-refractivity contribution >= 4 is 5.82 Å². The molecule has 1 aliphatic heterocycles. The van der Waals surface area contributed by atoms with E-state index in [1.54, 1.807) is 18.2 Å². The van der Waals surface area contributed by atoms with Crippen LogP contribution in [-0.2, 0) is 12.7 Å². The molecule has 3 heterocycles. The second kappa shape index (κ2) is 12.7. The van der Waals surface area contributed by atoms with Crippen LogP contribution in [0.15, 0.2) is 53.5 Å². The van der Waals surface area contributed by atoms with Gasteiger partial charge in [-0.2, -0.15) is 18.3 Å². The SMILES string of the molecule is CN1CCN(c2ccc(=O)n(Cc3ncccc3C(F)(F)F)n2)CC1.Cc1cccc(F)c1C1CCCCC1. The van der Waals surface area contributed by atoms with Crippen LogP contribution in [0.2, 0.25) is 0 Å². The fourth-order valence-electron chi connectivity index (χ4n) is 5.27. The lowest BCUT2D eigenvalue weighted by molar-refractivity contribution is -0.138. The number of aromatic nitrogens is 3. The molecule has 0 unspecified atom stereocenters. The summed E-state index contributed by atoms with van der Waals surface area (Å²) in [6, 6.07) is 10.5. The highest BCUT2D eigenvalue weighted by Gasteiger charge is 2.34. The van der Waals surface area contributed by atoms with E-state index in [2.05, 4.69) is 15.0 Å². The molecule has 39 heavy (non-hydrogen) atoms. The first kappa shape index (κ1) is 28.7. The summed E-state index contributed by atoms with van der Waals surface area (Å²) in [6.45, 7) is 4.92. The van der Waals surface area contributed by atoms with Crippen LogP contribution in [0.3, 0.4) is 0 Å². The first-order valence-electron chi connectivity index (χ1n) is 13.4. The van der Waals surface area contributed by atoms with E-state index in [9.17, 15) is 22.4 Å². The lowest BCUT2D eigenvalue weighted by Gasteiger charge is -2.33. The third-order valence-corrected chi connectivity index (χ3v) is 7.46. The molecule has 0 bridgehead atoms. The van der Waals surface area contributed by atoms with Crippen LogP contribution in [0, 0.1) is 12.7 Å². The number of nitrogens with zero attached hydrogens (tertiary/aromatic N) is 5. The van der Waals surface area contributed by atoms with Crippen LogP contribution in [0.4, 0.5) is 23.4 Å². The van der Waals surface area contributed by atoms with Crippen LogP contribution < -0.4 is 10.5 Å². The van der Waals surface area contributed by atoms with E-state index in [-0.39, 0.29) is 18.1 Å². The second-order valence-electron chi connectivity index (χ2n) is 10.3. The normalized spacial score (nSPS) is 17.0. The van der Waals surface area contributed by atoms with E-state index in [0.717, 1.165) is 48.1 Å². The van der Waals surface area contributed by atoms with Crippen LogP contribution in [0.1, 0.15) is 60.4 Å². The Labute approximate surface area is 226 Å². The Hall–Kier alpha value is -3.27. The van der Waals surface area contributed by atoms with E-state index in [1.807, 2.05) is 24.9 Å². The quantitative estimate of drug-likeness (QED) is 0.398. The van der Waals surface area contributed by atoms with Gasteiger partial charge in [-0.3, -0.25) is 9.78 Å². The van der Waals surface area contributed by atoms with Crippen molar-refractivity contribution < 1.29 is 17.6 Å². The molecule has 0 radical (unpaired) electrons. The van der Waals surface area contributed by atoms with Crippen molar-refractivity contribution in [1.82, 2.24) is 19.7 Å². The van der Waals surface area contributed by atoms with Gasteiger partial charge in [0.25, 0.3) is 5.56 Å². The summed E-state index contributed by atoms with van der Waals surface area (Å²) in [5.41, 5.74) is 0.564. The molecule has 210 valence electrons. The number of alkyl halides is 3. The van der Waals surface area contributed by atoms with Gasteiger partial charge in [-0.15, -0.1) is 0 Å². The minimum absolute atomic E-state index is 0.00287. The number of benzene rings is 1. The number of halogens is 4. The van der Waals surface area contributed by atoms with E-state index < -0.39 is 17.3 Å². The third kappa shape index (κ3) is 7.44. The van der Waals surface area contributed by atoms with Crippen molar-refractivity contribution in [3.05, 3.63) is 87.2 Å². The number of likely N-dealkylation sites (N-methyl/N-ethyl adjacent to an activating group) is 1. The van der Waals surface area contributed by atoms with Crippen LogP contribution in [-0.4, -0.2) is 52.9 Å². The zero-order valence-corrected chi connectivity index (χ0v) is 22.4. The Balaban J connectivity index is 0.000000212. The standard InChI is InChI=1S/C16H18F3N5O.C13H17F/c1-22-7-9-23(10-8-22)14-4-5-15(25)24(21-14)11-13-12(16(17,18)19)3-2-6-20-13;1-10-6-5-9-12(14)13(10)11-7-3-2-4-8-11/h2-6H,7-11H2,1H3;5-6,9,11H,2-4,7-8H2,1H3. The molecule has 1 aromatic carbocycles. The number of hydrogen-bond donors (Lipinski definition) is 0.